The molecule has 100 valence electrons. The van der Waals surface area contributed by atoms with Crippen LogP contribution in [0.2, 0.25) is 0 Å². The Morgan fingerprint density at radius 3 is 3.00 bits per heavy atom. The monoisotopic (exact) mass is 269 g/mol. The number of esters is 1. The van der Waals surface area contributed by atoms with E-state index in [4.69, 9.17) is 9.26 Å². The van der Waals surface area contributed by atoms with Crippen LogP contribution in [-0.2, 0) is 4.74 Å². The summed E-state index contributed by atoms with van der Waals surface area (Å²) in [4.78, 5) is 19.8. The number of hydrogen-bond donors (Lipinski definition) is 0. The van der Waals surface area contributed by atoms with Crippen molar-refractivity contribution >= 4 is 16.7 Å². The molecular formula is C14H11N3O3. The van der Waals surface area contributed by atoms with E-state index < -0.39 is 5.97 Å². The van der Waals surface area contributed by atoms with Crippen LogP contribution in [0.15, 0.2) is 41.1 Å². The van der Waals surface area contributed by atoms with Gasteiger partial charge in [-0.15, -0.1) is 0 Å². The fourth-order valence-corrected chi connectivity index (χ4v) is 1.89. The lowest BCUT2D eigenvalue weighted by molar-refractivity contribution is 0.0508. The number of carbonyl (C=O) groups is 1. The smallest absolute Gasteiger partial charge is 0.379 e. The van der Waals surface area contributed by atoms with Crippen molar-refractivity contribution in [2.24, 2.45) is 0 Å². The molecule has 6 nitrogen and oxygen atoms in total. The number of carbonyl (C=O) groups excluding carboxylic acids is 1. The van der Waals surface area contributed by atoms with Crippen molar-refractivity contribution in [3.05, 3.63) is 42.4 Å². The van der Waals surface area contributed by atoms with Crippen LogP contribution < -0.4 is 0 Å². The minimum Gasteiger partial charge on any atom is -0.460 e. The first-order valence-corrected chi connectivity index (χ1v) is 6.14. The number of fused-ring (bicyclic) bond motifs is 1. The molecule has 0 aliphatic heterocycles. The average Bonchev–Trinajstić information content (AvgIpc) is 2.97. The van der Waals surface area contributed by atoms with Crippen molar-refractivity contribution in [3.8, 4) is 11.6 Å². The lowest BCUT2D eigenvalue weighted by Crippen LogP contribution is -2.06. The third-order valence-corrected chi connectivity index (χ3v) is 2.76. The maximum absolute atomic E-state index is 11.5. The molecule has 0 saturated carbocycles. The van der Waals surface area contributed by atoms with Crippen LogP contribution in [0.1, 0.15) is 17.5 Å². The van der Waals surface area contributed by atoms with E-state index >= 15 is 0 Å². The highest BCUT2D eigenvalue weighted by molar-refractivity contribution is 5.93. The third kappa shape index (κ3) is 2.11. The van der Waals surface area contributed by atoms with E-state index in [1.807, 2.05) is 30.3 Å². The maximum Gasteiger partial charge on any atom is 0.379 e. The molecule has 2 aromatic heterocycles. The van der Waals surface area contributed by atoms with Crippen molar-refractivity contribution in [3.63, 3.8) is 0 Å². The Balaban J connectivity index is 2.06. The molecule has 0 radical (unpaired) electrons. The molecule has 3 rings (SSSR count). The molecule has 0 unspecified atom stereocenters. The number of nitrogens with zero attached hydrogens (tertiary/aromatic N) is 3. The van der Waals surface area contributed by atoms with Crippen LogP contribution >= 0.6 is 0 Å². The Morgan fingerprint density at radius 2 is 2.15 bits per heavy atom. The molecule has 6 heteroatoms. The van der Waals surface area contributed by atoms with E-state index in [0.29, 0.717) is 5.69 Å². The fourth-order valence-electron chi connectivity index (χ4n) is 1.89. The fraction of sp³-hybridized carbons (Fsp3) is 0.143. The second kappa shape index (κ2) is 5.08. The number of benzene rings is 1. The first kappa shape index (κ1) is 12.3. The van der Waals surface area contributed by atoms with Gasteiger partial charge in [-0.05, 0) is 23.5 Å². The van der Waals surface area contributed by atoms with E-state index in [-0.39, 0.29) is 18.3 Å². The van der Waals surface area contributed by atoms with E-state index in [1.165, 1.54) is 0 Å². The number of ether oxygens (including phenoxy) is 1. The van der Waals surface area contributed by atoms with Crippen molar-refractivity contribution in [1.29, 1.82) is 0 Å². The number of aromatic nitrogens is 3. The number of pyridine rings is 1. The lowest BCUT2D eigenvalue weighted by atomic mass is 10.1. The molecule has 0 bridgehead atoms. The summed E-state index contributed by atoms with van der Waals surface area (Å²) in [7, 11) is 0. The Kier molecular flexibility index (Phi) is 3.12. The van der Waals surface area contributed by atoms with Gasteiger partial charge in [0.25, 0.3) is 11.7 Å². The highest BCUT2D eigenvalue weighted by Crippen LogP contribution is 2.24. The predicted octanol–water partition coefficient (Wildman–Crippen LogP) is 2.46. The summed E-state index contributed by atoms with van der Waals surface area (Å²) in [6.07, 6.45) is 1.66. The predicted molar refractivity (Wildman–Crippen MR) is 71.0 cm³/mol. The van der Waals surface area contributed by atoms with Gasteiger partial charge in [0.2, 0.25) is 0 Å². The van der Waals surface area contributed by atoms with Gasteiger partial charge < -0.3 is 9.26 Å². The summed E-state index contributed by atoms with van der Waals surface area (Å²) in [6, 6.07) is 9.59. The first-order valence-electron chi connectivity index (χ1n) is 6.14. The first-order chi connectivity index (χ1) is 9.79. The SMILES string of the molecule is CCOC(=O)c1noc(-c2nccc3ccccc23)n1. The quantitative estimate of drug-likeness (QED) is 0.679. The Bertz CT molecular complexity index is 762. The van der Waals surface area contributed by atoms with Gasteiger partial charge in [0.1, 0.15) is 5.69 Å². The Labute approximate surface area is 114 Å². The Hall–Kier alpha value is -2.76. The largest absolute Gasteiger partial charge is 0.460 e. The van der Waals surface area contributed by atoms with Crippen LogP contribution in [0.4, 0.5) is 0 Å². The molecule has 0 atom stereocenters. The molecule has 20 heavy (non-hydrogen) atoms. The van der Waals surface area contributed by atoms with Crippen LogP contribution in [-0.4, -0.2) is 27.7 Å². The molecule has 0 amide bonds. The van der Waals surface area contributed by atoms with Gasteiger partial charge in [0.05, 0.1) is 6.61 Å². The van der Waals surface area contributed by atoms with Crippen LogP contribution in [0, 0.1) is 0 Å². The van der Waals surface area contributed by atoms with E-state index in [2.05, 4.69) is 15.1 Å². The van der Waals surface area contributed by atoms with E-state index in [1.54, 1.807) is 13.1 Å². The zero-order valence-corrected chi connectivity index (χ0v) is 10.7. The second-order valence-corrected chi connectivity index (χ2v) is 4.02. The van der Waals surface area contributed by atoms with Gasteiger partial charge in [-0.25, -0.2) is 4.79 Å². The molecule has 0 spiro atoms. The third-order valence-electron chi connectivity index (χ3n) is 2.76. The van der Waals surface area contributed by atoms with Crippen molar-refractivity contribution in [1.82, 2.24) is 15.1 Å². The molecule has 0 saturated heterocycles. The lowest BCUT2D eigenvalue weighted by Gasteiger charge is -2.00. The average molecular weight is 269 g/mol. The standard InChI is InChI=1S/C14H11N3O3/c1-2-19-14(18)12-16-13(20-17-12)11-10-6-4-3-5-9(10)7-8-15-11/h3-8H,2H2,1H3. The topological polar surface area (TPSA) is 78.1 Å². The molecule has 2 heterocycles. The zero-order chi connectivity index (χ0) is 13.9. The van der Waals surface area contributed by atoms with Crippen LogP contribution in [0.5, 0.6) is 0 Å². The van der Waals surface area contributed by atoms with Crippen LogP contribution in [0.25, 0.3) is 22.4 Å². The number of hydrogen-bond acceptors (Lipinski definition) is 6. The normalized spacial score (nSPS) is 10.7. The van der Waals surface area contributed by atoms with Gasteiger partial charge >= 0.3 is 5.97 Å². The minimum atomic E-state index is -0.609. The molecule has 0 aliphatic rings. The molecule has 0 N–H and O–H groups in total. The second-order valence-electron chi connectivity index (χ2n) is 4.02. The summed E-state index contributed by atoms with van der Waals surface area (Å²) < 4.78 is 9.92. The zero-order valence-electron chi connectivity index (χ0n) is 10.7. The summed E-state index contributed by atoms with van der Waals surface area (Å²) in [5.74, 6) is -0.510. The Morgan fingerprint density at radius 1 is 1.30 bits per heavy atom. The molecule has 0 aliphatic carbocycles. The van der Waals surface area contributed by atoms with E-state index in [0.717, 1.165) is 10.8 Å². The van der Waals surface area contributed by atoms with Gasteiger partial charge in [-0.2, -0.15) is 4.98 Å². The van der Waals surface area contributed by atoms with Gasteiger partial charge in [-0.3, -0.25) is 4.98 Å². The number of rotatable bonds is 3. The van der Waals surface area contributed by atoms with Crippen LogP contribution in [0.3, 0.4) is 0 Å². The molecular weight excluding hydrogens is 258 g/mol. The van der Waals surface area contributed by atoms with Gasteiger partial charge in [0.15, 0.2) is 0 Å². The maximum atomic E-state index is 11.5. The highest BCUT2D eigenvalue weighted by atomic mass is 16.5. The van der Waals surface area contributed by atoms with E-state index in [9.17, 15) is 4.79 Å². The highest BCUT2D eigenvalue weighted by Gasteiger charge is 2.18. The molecule has 3 aromatic rings. The van der Waals surface area contributed by atoms with Crippen molar-refractivity contribution < 1.29 is 14.1 Å². The summed E-state index contributed by atoms with van der Waals surface area (Å²) in [5, 5.41) is 5.51. The van der Waals surface area contributed by atoms with Gasteiger partial charge in [0, 0.05) is 11.6 Å². The van der Waals surface area contributed by atoms with Gasteiger partial charge in [-0.1, -0.05) is 24.3 Å². The molecule has 0 fully saturated rings. The van der Waals surface area contributed by atoms with Crippen molar-refractivity contribution in [2.75, 3.05) is 6.61 Å². The summed E-state index contributed by atoms with van der Waals surface area (Å²) in [6.45, 7) is 1.97. The molecule has 1 aromatic carbocycles. The summed E-state index contributed by atoms with van der Waals surface area (Å²) >= 11 is 0. The summed E-state index contributed by atoms with van der Waals surface area (Å²) in [5.41, 5.74) is 0.547. The van der Waals surface area contributed by atoms with Crippen molar-refractivity contribution in [2.45, 2.75) is 6.92 Å². The minimum absolute atomic E-state index is 0.100.